The van der Waals surface area contributed by atoms with Crippen LogP contribution in [0.15, 0.2) is 65.1 Å². The molecule has 3 nitrogen and oxygen atoms in total. The predicted molar refractivity (Wildman–Crippen MR) is 115 cm³/mol. The fraction of sp³-hybridized carbons (Fsp3) is 0.182. The van der Waals surface area contributed by atoms with Crippen LogP contribution in [0.4, 0.5) is 0 Å². The van der Waals surface area contributed by atoms with Gasteiger partial charge in [0.1, 0.15) is 0 Å². The first-order valence-electron chi connectivity index (χ1n) is 8.85. The molecular formula is C22H21N3S2. The van der Waals surface area contributed by atoms with E-state index in [9.17, 15) is 0 Å². The normalized spacial score (nSPS) is 11.1. The number of thiophene rings is 1. The summed E-state index contributed by atoms with van der Waals surface area (Å²) in [6, 6.07) is 19.1. The van der Waals surface area contributed by atoms with E-state index in [0.29, 0.717) is 0 Å². The average molecular weight is 392 g/mol. The van der Waals surface area contributed by atoms with E-state index in [-0.39, 0.29) is 0 Å². The van der Waals surface area contributed by atoms with Crippen LogP contribution in [0, 0.1) is 13.8 Å². The van der Waals surface area contributed by atoms with Crippen LogP contribution in [0.1, 0.15) is 16.0 Å². The van der Waals surface area contributed by atoms with E-state index in [0.717, 1.165) is 22.3 Å². The Bertz CT molecular complexity index is 1060. The molecule has 0 amide bonds. The molecule has 4 rings (SSSR count). The van der Waals surface area contributed by atoms with Crippen molar-refractivity contribution in [2.45, 2.75) is 24.8 Å². The van der Waals surface area contributed by atoms with Gasteiger partial charge < -0.3 is 4.57 Å². The number of hydrogen-bond acceptors (Lipinski definition) is 4. The van der Waals surface area contributed by atoms with Crippen LogP contribution in [-0.2, 0) is 12.8 Å². The Balaban J connectivity index is 1.64. The van der Waals surface area contributed by atoms with Gasteiger partial charge in [0.2, 0.25) is 0 Å². The molecule has 0 bridgehead atoms. The number of hydrogen-bond donors (Lipinski definition) is 0. The van der Waals surface area contributed by atoms with E-state index in [4.69, 9.17) is 0 Å². The molecule has 0 aliphatic rings. The first kappa shape index (κ1) is 18.0. The summed E-state index contributed by atoms with van der Waals surface area (Å²) < 4.78 is 2.11. The Hall–Kier alpha value is -2.37. The summed E-state index contributed by atoms with van der Waals surface area (Å²) in [4.78, 5) is 1.30. The second-order valence-electron chi connectivity index (χ2n) is 6.59. The van der Waals surface area contributed by atoms with Gasteiger partial charge in [-0.05, 0) is 25.0 Å². The molecule has 0 unspecified atom stereocenters. The van der Waals surface area contributed by atoms with Crippen molar-refractivity contribution in [3.05, 3.63) is 76.0 Å². The summed E-state index contributed by atoms with van der Waals surface area (Å²) in [6.07, 6.45) is 0. The van der Waals surface area contributed by atoms with Crippen LogP contribution >= 0.6 is 23.1 Å². The van der Waals surface area contributed by atoms with Crippen LogP contribution < -0.4 is 0 Å². The van der Waals surface area contributed by atoms with E-state index < -0.39 is 0 Å². The maximum Gasteiger partial charge on any atom is 0.191 e. The van der Waals surface area contributed by atoms with Crippen molar-refractivity contribution in [1.29, 1.82) is 0 Å². The van der Waals surface area contributed by atoms with Gasteiger partial charge in [-0.15, -0.1) is 21.5 Å². The van der Waals surface area contributed by atoms with Crippen molar-refractivity contribution in [3.8, 4) is 22.5 Å². The molecule has 0 N–H and O–H groups in total. The van der Waals surface area contributed by atoms with Gasteiger partial charge in [-0.3, -0.25) is 0 Å². The molecule has 136 valence electrons. The van der Waals surface area contributed by atoms with Gasteiger partial charge >= 0.3 is 0 Å². The quantitative estimate of drug-likeness (QED) is 0.384. The lowest BCUT2D eigenvalue weighted by Crippen LogP contribution is -1.95. The van der Waals surface area contributed by atoms with Crippen LogP contribution in [0.2, 0.25) is 0 Å². The Kier molecular flexibility index (Phi) is 5.14. The highest BCUT2D eigenvalue weighted by Gasteiger charge is 2.18. The molecule has 0 fully saturated rings. The largest absolute Gasteiger partial charge is 0.305 e. The Labute approximate surface area is 168 Å². The zero-order chi connectivity index (χ0) is 18.8. The highest BCUT2D eigenvalue weighted by molar-refractivity contribution is 7.98. The lowest BCUT2D eigenvalue weighted by molar-refractivity contribution is 0.794. The summed E-state index contributed by atoms with van der Waals surface area (Å²) in [6.45, 7) is 4.29. The monoisotopic (exact) mass is 391 g/mol. The minimum Gasteiger partial charge on any atom is -0.305 e. The van der Waals surface area contributed by atoms with Gasteiger partial charge in [0.05, 0.1) is 0 Å². The number of rotatable bonds is 5. The van der Waals surface area contributed by atoms with E-state index in [1.807, 2.05) is 6.07 Å². The third-order valence-electron chi connectivity index (χ3n) is 4.56. The first-order valence-corrected chi connectivity index (χ1v) is 10.7. The maximum absolute atomic E-state index is 4.51. The molecule has 5 heteroatoms. The van der Waals surface area contributed by atoms with Crippen molar-refractivity contribution in [2.24, 2.45) is 7.05 Å². The first-order chi connectivity index (χ1) is 13.1. The molecule has 0 aliphatic carbocycles. The predicted octanol–water partition coefficient (Wildman–Crippen LogP) is 6.12. The molecule has 2 aromatic carbocycles. The Morgan fingerprint density at radius 3 is 2.59 bits per heavy atom. The van der Waals surface area contributed by atoms with Crippen molar-refractivity contribution >= 4 is 23.1 Å². The summed E-state index contributed by atoms with van der Waals surface area (Å²) >= 11 is 3.49. The molecule has 0 aliphatic heterocycles. The molecule has 0 spiro atoms. The minimum atomic E-state index is 0.891. The summed E-state index contributed by atoms with van der Waals surface area (Å²) in [7, 11) is 2.05. The minimum absolute atomic E-state index is 0.891. The molecule has 2 heterocycles. The molecule has 0 radical (unpaired) electrons. The van der Waals surface area contributed by atoms with Gasteiger partial charge in [0.25, 0.3) is 0 Å². The maximum atomic E-state index is 4.51. The van der Waals surface area contributed by atoms with Crippen LogP contribution in [0.3, 0.4) is 0 Å². The zero-order valence-corrected chi connectivity index (χ0v) is 17.3. The lowest BCUT2D eigenvalue weighted by Gasteiger charge is -2.07. The van der Waals surface area contributed by atoms with Gasteiger partial charge in [0, 0.05) is 34.2 Å². The number of nitrogens with zero attached hydrogens (tertiary/aromatic N) is 3. The van der Waals surface area contributed by atoms with E-state index >= 15 is 0 Å². The van der Waals surface area contributed by atoms with Crippen molar-refractivity contribution in [3.63, 3.8) is 0 Å². The van der Waals surface area contributed by atoms with Crippen molar-refractivity contribution in [1.82, 2.24) is 14.8 Å². The highest BCUT2D eigenvalue weighted by Crippen LogP contribution is 2.38. The highest BCUT2D eigenvalue weighted by atomic mass is 32.2. The van der Waals surface area contributed by atoms with Gasteiger partial charge in [-0.1, -0.05) is 71.9 Å². The molecule has 0 saturated heterocycles. The molecule has 2 aromatic heterocycles. The number of benzene rings is 2. The second-order valence-corrected chi connectivity index (χ2v) is 8.62. The number of thioether (sulfide) groups is 1. The molecule has 4 aromatic rings. The fourth-order valence-electron chi connectivity index (χ4n) is 3.21. The average Bonchev–Trinajstić information content (AvgIpc) is 3.23. The third-order valence-corrected chi connectivity index (χ3v) is 6.57. The molecule has 27 heavy (non-hydrogen) atoms. The van der Waals surface area contributed by atoms with Gasteiger partial charge in [-0.25, -0.2) is 0 Å². The molecular weight excluding hydrogens is 370 g/mol. The summed E-state index contributed by atoms with van der Waals surface area (Å²) in [5.41, 5.74) is 6.23. The van der Waals surface area contributed by atoms with Crippen LogP contribution in [0.25, 0.3) is 22.5 Å². The van der Waals surface area contributed by atoms with E-state index in [2.05, 4.69) is 89.6 Å². The smallest absolute Gasteiger partial charge is 0.191 e. The number of aromatic nitrogens is 3. The fourth-order valence-corrected chi connectivity index (χ4v) is 4.93. The van der Waals surface area contributed by atoms with E-state index in [1.165, 1.54) is 27.1 Å². The third kappa shape index (κ3) is 3.70. The van der Waals surface area contributed by atoms with Gasteiger partial charge in [0.15, 0.2) is 11.0 Å². The number of aryl methyl sites for hydroxylation is 2. The zero-order valence-electron chi connectivity index (χ0n) is 15.6. The Morgan fingerprint density at radius 2 is 1.81 bits per heavy atom. The standard InChI is InChI=1S/C22H21N3S2/c1-15-8-7-9-17(12-15)13-27-22-24-23-21(25(22)3)19-14-26-16(2)20(19)18-10-5-4-6-11-18/h4-12,14H,13H2,1-3H3. The van der Waals surface area contributed by atoms with Crippen LogP contribution in [-0.4, -0.2) is 14.8 Å². The van der Waals surface area contributed by atoms with Gasteiger partial charge in [-0.2, -0.15) is 0 Å². The topological polar surface area (TPSA) is 30.7 Å². The lowest BCUT2D eigenvalue weighted by atomic mass is 10.0. The SMILES string of the molecule is Cc1cccc(CSc2nnc(-c3csc(C)c3-c3ccccc3)n2C)c1. The molecule has 0 atom stereocenters. The molecule has 0 saturated carbocycles. The van der Waals surface area contributed by atoms with Crippen LogP contribution in [0.5, 0.6) is 0 Å². The van der Waals surface area contributed by atoms with Crippen molar-refractivity contribution < 1.29 is 0 Å². The van der Waals surface area contributed by atoms with E-state index in [1.54, 1.807) is 23.1 Å². The second kappa shape index (κ2) is 7.71. The Morgan fingerprint density at radius 1 is 1.00 bits per heavy atom. The summed E-state index contributed by atoms with van der Waals surface area (Å²) in [5, 5.41) is 12.1. The van der Waals surface area contributed by atoms with Crippen molar-refractivity contribution in [2.75, 3.05) is 0 Å². The summed E-state index contributed by atoms with van der Waals surface area (Å²) in [5.74, 6) is 1.81.